The van der Waals surface area contributed by atoms with E-state index in [2.05, 4.69) is 25.7 Å². The average Bonchev–Trinajstić information content (AvgIpc) is 3.25. The third kappa shape index (κ3) is 5.15. The summed E-state index contributed by atoms with van der Waals surface area (Å²) in [4.78, 5) is 26.8. The Labute approximate surface area is 156 Å². The molecule has 138 valence electrons. The SMILES string of the molecule is Cc1nnc(SCCNC(=O)CC2C(=O)NCCN2C2CCCC2)s1. The van der Waals surface area contributed by atoms with E-state index in [1.165, 1.54) is 12.8 Å². The second-order valence-corrected chi connectivity index (χ2v) is 9.00. The Morgan fingerprint density at radius 2 is 2.20 bits per heavy atom. The van der Waals surface area contributed by atoms with E-state index in [0.717, 1.165) is 34.5 Å². The Hall–Kier alpha value is -1.19. The van der Waals surface area contributed by atoms with Gasteiger partial charge in [-0.3, -0.25) is 14.5 Å². The van der Waals surface area contributed by atoms with Gasteiger partial charge in [-0.1, -0.05) is 35.9 Å². The minimum Gasteiger partial charge on any atom is -0.355 e. The Morgan fingerprint density at radius 1 is 1.40 bits per heavy atom. The highest BCUT2D eigenvalue weighted by Crippen LogP contribution is 2.27. The number of amides is 2. The fraction of sp³-hybridized carbons (Fsp3) is 0.750. The molecule has 0 aromatic carbocycles. The lowest BCUT2D eigenvalue weighted by molar-refractivity contribution is -0.135. The van der Waals surface area contributed by atoms with Crippen molar-refractivity contribution >= 4 is 34.9 Å². The van der Waals surface area contributed by atoms with Gasteiger partial charge in [-0.2, -0.15) is 0 Å². The zero-order valence-corrected chi connectivity index (χ0v) is 16.1. The normalized spacial score (nSPS) is 22.1. The average molecular weight is 384 g/mol. The highest BCUT2D eigenvalue weighted by atomic mass is 32.2. The summed E-state index contributed by atoms with van der Waals surface area (Å²) < 4.78 is 0.922. The van der Waals surface area contributed by atoms with Gasteiger partial charge >= 0.3 is 0 Å². The molecule has 1 unspecified atom stereocenters. The lowest BCUT2D eigenvalue weighted by Crippen LogP contribution is -2.59. The van der Waals surface area contributed by atoms with Crippen LogP contribution in [-0.2, 0) is 9.59 Å². The van der Waals surface area contributed by atoms with Crippen molar-refractivity contribution in [2.75, 3.05) is 25.4 Å². The van der Waals surface area contributed by atoms with Crippen LogP contribution in [0.5, 0.6) is 0 Å². The standard InChI is InChI=1S/C16H25N5O2S2/c1-11-19-20-16(25-11)24-9-7-17-14(22)10-13-15(23)18-6-8-21(13)12-4-2-3-5-12/h12-13H,2-10H2,1H3,(H,17,22)(H,18,23). The van der Waals surface area contributed by atoms with E-state index in [1.54, 1.807) is 23.1 Å². The fourth-order valence-corrected chi connectivity index (χ4v) is 5.27. The topological polar surface area (TPSA) is 87.2 Å². The molecular formula is C16H25N5O2S2. The molecule has 1 aromatic rings. The second-order valence-electron chi connectivity index (χ2n) is 6.47. The maximum absolute atomic E-state index is 12.3. The number of thioether (sulfide) groups is 1. The van der Waals surface area contributed by atoms with Crippen molar-refractivity contribution in [2.45, 2.75) is 55.5 Å². The number of nitrogens with zero attached hydrogens (tertiary/aromatic N) is 3. The molecule has 3 rings (SSSR count). The van der Waals surface area contributed by atoms with Gasteiger partial charge in [0.25, 0.3) is 0 Å². The van der Waals surface area contributed by atoms with Gasteiger partial charge < -0.3 is 10.6 Å². The summed E-state index contributed by atoms with van der Waals surface area (Å²) in [5.41, 5.74) is 0. The first-order chi connectivity index (χ1) is 12.1. The maximum Gasteiger partial charge on any atom is 0.237 e. The van der Waals surface area contributed by atoms with Crippen molar-refractivity contribution < 1.29 is 9.59 Å². The number of aromatic nitrogens is 2. The summed E-state index contributed by atoms with van der Waals surface area (Å²) in [5, 5.41) is 14.8. The number of aryl methyl sites for hydroxylation is 1. The summed E-state index contributed by atoms with van der Waals surface area (Å²) in [6.07, 6.45) is 4.98. The molecular weight excluding hydrogens is 358 g/mol. The van der Waals surface area contributed by atoms with Crippen molar-refractivity contribution in [3.8, 4) is 0 Å². The molecule has 9 heteroatoms. The molecule has 1 aromatic heterocycles. The molecule has 2 fully saturated rings. The van der Waals surface area contributed by atoms with Crippen LogP contribution in [0.15, 0.2) is 4.34 Å². The van der Waals surface area contributed by atoms with Gasteiger partial charge in [0.1, 0.15) is 5.01 Å². The molecule has 0 spiro atoms. The summed E-state index contributed by atoms with van der Waals surface area (Å²) in [6, 6.07) is 0.135. The molecule has 2 aliphatic rings. The van der Waals surface area contributed by atoms with E-state index in [9.17, 15) is 9.59 Å². The maximum atomic E-state index is 12.3. The number of nitrogens with one attached hydrogen (secondary N) is 2. The van der Waals surface area contributed by atoms with Crippen LogP contribution in [0, 0.1) is 6.92 Å². The first kappa shape index (κ1) is 18.6. The Balaban J connectivity index is 1.43. The highest BCUT2D eigenvalue weighted by molar-refractivity contribution is 8.01. The van der Waals surface area contributed by atoms with Crippen molar-refractivity contribution in [2.24, 2.45) is 0 Å². The smallest absolute Gasteiger partial charge is 0.237 e. The molecule has 2 N–H and O–H groups in total. The van der Waals surface area contributed by atoms with Crippen molar-refractivity contribution in [1.29, 1.82) is 0 Å². The van der Waals surface area contributed by atoms with Crippen LogP contribution >= 0.6 is 23.1 Å². The monoisotopic (exact) mass is 383 g/mol. The van der Waals surface area contributed by atoms with Crippen molar-refractivity contribution in [3.05, 3.63) is 5.01 Å². The molecule has 7 nitrogen and oxygen atoms in total. The molecule has 2 heterocycles. The summed E-state index contributed by atoms with van der Waals surface area (Å²) in [6.45, 7) is 4.03. The first-order valence-electron chi connectivity index (χ1n) is 8.86. The van der Waals surface area contributed by atoms with Crippen LogP contribution in [0.2, 0.25) is 0 Å². The molecule has 0 radical (unpaired) electrons. The molecule has 25 heavy (non-hydrogen) atoms. The van der Waals surface area contributed by atoms with Crippen LogP contribution in [0.25, 0.3) is 0 Å². The van der Waals surface area contributed by atoms with E-state index >= 15 is 0 Å². The molecule has 2 amide bonds. The molecule has 1 aliphatic heterocycles. The van der Waals surface area contributed by atoms with E-state index < -0.39 is 0 Å². The second kappa shape index (κ2) is 8.95. The number of piperazine rings is 1. The zero-order chi connectivity index (χ0) is 17.6. The molecule has 1 saturated carbocycles. The van der Waals surface area contributed by atoms with Crippen molar-refractivity contribution in [1.82, 2.24) is 25.7 Å². The zero-order valence-electron chi connectivity index (χ0n) is 14.5. The fourth-order valence-electron chi connectivity index (χ4n) is 3.53. The Bertz CT molecular complexity index is 603. The lowest BCUT2D eigenvalue weighted by Gasteiger charge is -2.38. The van der Waals surface area contributed by atoms with Gasteiger partial charge in [-0.05, 0) is 19.8 Å². The lowest BCUT2D eigenvalue weighted by atomic mass is 10.0. The van der Waals surface area contributed by atoms with Crippen LogP contribution in [0.4, 0.5) is 0 Å². The quantitative estimate of drug-likeness (QED) is 0.543. The predicted octanol–water partition coefficient (Wildman–Crippen LogP) is 1.19. The van der Waals surface area contributed by atoms with Crippen LogP contribution < -0.4 is 10.6 Å². The molecule has 1 atom stereocenters. The largest absolute Gasteiger partial charge is 0.355 e. The Morgan fingerprint density at radius 3 is 2.92 bits per heavy atom. The van der Waals surface area contributed by atoms with E-state index in [-0.39, 0.29) is 24.3 Å². The minimum atomic E-state index is -0.324. The summed E-state index contributed by atoms with van der Waals surface area (Å²) in [7, 11) is 0. The van der Waals surface area contributed by atoms with Gasteiger partial charge in [0.15, 0.2) is 4.34 Å². The first-order valence-corrected chi connectivity index (χ1v) is 10.7. The number of carbonyl (C=O) groups is 2. The summed E-state index contributed by atoms with van der Waals surface area (Å²) in [5.74, 6) is 0.690. The molecule has 1 aliphatic carbocycles. The third-order valence-electron chi connectivity index (χ3n) is 4.70. The highest BCUT2D eigenvalue weighted by Gasteiger charge is 2.36. The van der Waals surface area contributed by atoms with Gasteiger partial charge in [-0.25, -0.2) is 0 Å². The Kier molecular flexibility index (Phi) is 6.66. The third-order valence-corrected chi connectivity index (χ3v) is 6.68. The molecule has 0 bridgehead atoms. The van der Waals surface area contributed by atoms with E-state index in [4.69, 9.17) is 0 Å². The molecule has 1 saturated heterocycles. The van der Waals surface area contributed by atoms with E-state index in [0.29, 0.717) is 19.1 Å². The number of rotatable bonds is 7. The van der Waals surface area contributed by atoms with Gasteiger partial charge in [-0.15, -0.1) is 10.2 Å². The van der Waals surface area contributed by atoms with Crippen LogP contribution in [0.1, 0.15) is 37.1 Å². The van der Waals surface area contributed by atoms with Gasteiger partial charge in [0, 0.05) is 31.4 Å². The van der Waals surface area contributed by atoms with Gasteiger partial charge in [0.05, 0.1) is 12.5 Å². The van der Waals surface area contributed by atoms with Gasteiger partial charge in [0.2, 0.25) is 11.8 Å². The number of hydrogen-bond acceptors (Lipinski definition) is 7. The van der Waals surface area contributed by atoms with Crippen LogP contribution in [0.3, 0.4) is 0 Å². The number of carbonyl (C=O) groups excluding carboxylic acids is 2. The minimum absolute atomic E-state index is 0.00740. The van der Waals surface area contributed by atoms with Crippen molar-refractivity contribution in [3.63, 3.8) is 0 Å². The summed E-state index contributed by atoms with van der Waals surface area (Å²) >= 11 is 3.15. The van der Waals surface area contributed by atoms with Crippen LogP contribution in [-0.4, -0.2) is 64.4 Å². The predicted molar refractivity (Wildman–Crippen MR) is 98.8 cm³/mol. The van der Waals surface area contributed by atoms with E-state index in [1.807, 2.05) is 6.92 Å². The number of hydrogen-bond donors (Lipinski definition) is 2.